The Kier molecular flexibility index (Phi) is 4.24. The van der Waals surface area contributed by atoms with E-state index in [9.17, 15) is 14.9 Å². The maximum absolute atomic E-state index is 11.8. The second-order valence-corrected chi connectivity index (χ2v) is 6.69. The first-order chi connectivity index (χ1) is 11.0. The van der Waals surface area contributed by atoms with E-state index in [4.69, 9.17) is 0 Å². The lowest BCUT2D eigenvalue weighted by atomic mass is 9.80. The summed E-state index contributed by atoms with van der Waals surface area (Å²) in [6.45, 7) is 3.10. The molecule has 0 aromatic heterocycles. The van der Waals surface area contributed by atoms with E-state index in [1.54, 1.807) is 12.1 Å². The Morgan fingerprint density at radius 2 is 2.09 bits per heavy atom. The van der Waals surface area contributed by atoms with Gasteiger partial charge in [-0.1, -0.05) is 19.8 Å². The number of carbonyl (C=O) groups is 1. The van der Waals surface area contributed by atoms with Gasteiger partial charge in [-0.25, -0.2) is 0 Å². The van der Waals surface area contributed by atoms with E-state index in [0.717, 1.165) is 13.0 Å². The van der Waals surface area contributed by atoms with Gasteiger partial charge in [0.05, 0.1) is 4.92 Å². The number of nitro benzene ring substituents is 1. The zero-order chi connectivity index (χ0) is 16.6. The minimum absolute atomic E-state index is 0.0320. The molecule has 0 bridgehead atoms. The third-order valence-electron chi connectivity index (χ3n) is 5.37. The van der Waals surface area contributed by atoms with Crippen molar-refractivity contribution in [2.24, 2.45) is 11.8 Å². The lowest BCUT2D eigenvalue weighted by molar-refractivity contribution is -0.384. The number of fused-ring (bicyclic) bond motifs is 1. The highest BCUT2D eigenvalue weighted by atomic mass is 16.6. The maximum atomic E-state index is 11.8. The summed E-state index contributed by atoms with van der Waals surface area (Å²) in [7, 11) is 1.52. The molecule has 1 aliphatic heterocycles. The van der Waals surface area contributed by atoms with E-state index in [1.807, 2.05) is 0 Å². The van der Waals surface area contributed by atoms with Crippen LogP contribution in [0.25, 0.3) is 0 Å². The monoisotopic (exact) mass is 317 g/mol. The van der Waals surface area contributed by atoms with Crippen LogP contribution in [-0.4, -0.2) is 30.5 Å². The van der Waals surface area contributed by atoms with Crippen molar-refractivity contribution < 1.29 is 9.72 Å². The van der Waals surface area contributed by atoms with E-state index in [2.05, 4.69) is 17.1 Å². The first kappa shape index (κ1) is 15.8. The van der Waals surface area contributed by atoms with Crippen LogP contribution in [0.4, 0.5) is 11.4 Å². The minimum atomic E-state index is -0.372. The molecule has 1 N–H and O–H groups in total. The predicted octanol–water partition coefficient (Wildman–Crippen LogP) is 2.97. The Bertz CT molecular complexity index is 632. The molecule has 0 radical (unpaired) electrons. The molecule has 1 aromatic carbocycles. The van der Waals surface area contributed by atoms with Crippen LogP contribution in [0.2, 0.25) is 0 Å². The molecule has 23 heavy (non-hydrogen) atoms. The number of benzene rings is 1. The van der Waals surface area contributed by atoms with Gasteiger partial charge in [0.2, 0.25) is 0 Å². The highest BCUT2D eigenvalue weighted by molar-refractivity contribution is 5.95. The summed E-state index contributed by atoms with van der Waals surface area (Å²) >= 11 is 0. The minimum Gasteiger partial charge on any atom is -0.362 e. The van der Waals surface area contributed by atoms with E-state index in [1.165, 1.54) is 32.4 Å². The molecule has 2 aliphatic rings. The molecule has 1 aromatic rings. The smallest absolute Gasteiger partial charge is 0.293 e. The number of nitrogens with zero attached hydrogens (tertiary/aromatic N) is 2. The summed E-state index contributed by atoms with van der Waals surface area (Å²) in [4.78, 5) is 25.1. The molecule has 1 saturated carbocycles. The fraction of sp³-hybridized carbons (Fsp3) is 0.588. The third kappa shape index (κ3) is 2.78. The molecule has 3 unspecified atom stereocenters. The largest absolute Gasteiger partial charge is 0.362 e. The Hall–Kier alpha value is -2.11. The van der Waals surface area contributed by atoms with Gasteiger partial charge in [-0.3, -0.25) is 14.9 Å². The van der Waals surface area contributed by atoms with Gasteiger partial charge in [-0.05, 0) is 36.8 Å². The molecular formula is C17H23N3O3. The van der Waals surface area contributed by atoms with Crippen molar-refractivity contribution in [3.63, 3.8) is 0 Å². The van der Waals surface area contributed by atoms with E-state index in [0.29, 0.717) is 29.1 Å². The van der Waals surface area contributed by atoms with Gasteiger partial charge in [0.15, 0.2) is 0 Å². The van der Waals surface area contributed by atoms with Crippen LogP contribution in [-0.2, 0) is 0 Å². The number of hydrogen-bond acceptors (Lipinski definition) is 4. The topological polar surface area (TPSA) is 75.5 Å². The van der Waals surface area contributed by atoms with Gasteiger partial charge >= 0.3 is 0 Å². The lowest BCUT2D eigenvalue weighted by Crippen LogP contribution is -2.35. The van der Waals surface area contributed by atoms with Crippen molar-refractivity contribution in [3.8, 4) is 0 Å². The molecule has 0 spiro atoms. The highest BCUT2D eigenvalue weighted by Gasteiger charge is 2.42. The van der Waals surface area contributed by atoms with Gasteiger partial charge in [-0.15, -0.1) is 0 Å². The number of rotatable bonds is 3. The van der Waals surface area contributed by atoms with Gasteiger partial charge in [-0.2, -0.15) is 0 Å². The number of hydrogen-bond donors (Lipinski definition) is 1. The van der Waals surface area contributed by atoms with Crippen molar-refractivity contribution in [1.29, 1.82) is 0 Å². The van der Waals surface area contributed by atoms with E-state index < -0.39 is 0 Å². The van der Waals surface area contributed by atoms with Crippen molar-refractivity contribution in [1.82, 2.24) is 5.32 Å². The van der Waals surface area contributed by atoms with Crippen LogP contribution in [0.3, 0.4) is 0 Å². The number of nitrogens with one attached hydrogen (secondary N) is 1. The molecule has 1 saturated heterocycles. The average Bonchev–Trinajstić information content (AvgIpc) is 2.91. The SMILES string of the molecule is CNC(=O)c1ccc(N2CC(C)C3CCCCC32)c([N+](=O)[O-])c1. The maximum Gasteiger partial charge on any atom is 0.293 e. The number of amides is 1. The van der Waals surface area contributed by atoms with Crippen LogP contribution in [0.1, 0.15) is 43.0 Å². The lowest BCUT2D eigenvalue weighted by Gasteiger charge is -2.33. The molecule has 6 nitrogen and oxygen atoms in total. The molecule has 3 atom stereocenters. The average molecular weight is 317 g/mol. The quantitative estimate of drug-likeness (QED) is 0.687. The second-order valence-electron chi connectivity index (χ2n) is 6.69. The molecule has 124 valence electrons. The predicted molar refractivity (Wildman–Crippen MR) is 88.7 cm³/mol. The highest BCUT2D eigenvalue weighted by Crippen LogP contribution is 2.44. The van der Waals surface area contributed by atoms with Gasteiger partial charge in [0.1, 0.15) is 5.69 Å². The fourth-order valence-corrected chi connectivity index (χ4v) is 4.25. The van der Waals surface area contributed by atoms with Crippen LogP contribution in [0.5, 0.6) is 0 Å². The van der Waals surface area contributed by atoms with Crippen molar-refractivity contribution in [2.45, 2.75) is 38.6 Å². The normalized spacial score (nSPS) is 26.7. The van der Waals surface area contributed by atoms with Crippen LogP contribution in [0.15, 0.2) is 18.2 Å². The Labute approximate surface area is 136 Å². The fourth-order valence-electron chi connectivity index (χ4n) is 4.25. The Morgan fingerprint density at radius 3 is 2.78 bits per heavy atom. The van der Waals surface area contributed by atoms with Gasteiger partial charge in [0.25, 0.3) is 11.6 Å². The zero-order valence-electron chi connectivity index (χ0n) is 13.6. The van der Waals surface area contributed by atoms with Crippen LogP contribution < -0.4 is 10.2 Å². The third-order valence-corrected chi connectivity index (χ3v) is 5.37. The van der Waals surface area contributed by atoms with E-state index >= 15 is 0 Å². The standard InChI is InChI=1S/C17H23N3O3/c1-11-10-19(14-6-4-3-5-13(11)14)15-8-7-12(17(21)18-2)9-16(15)20(22)23/h7-9,11,13-14H,3-6,10H2,1-2H3,(H,18,21). The molecular weight excluding hydrogens is 294 g/mol. The van der Waals surface area contributed by atoms with Crippen LogP contribution in [0, 0.1) is 22.0 Å². The molecule has 3 rings (SSSR count). The Morgan fingerprint density at radius 1 is 1.35 bits per heavy atom. The molecule has 1 heterocycles. The number of carbonyl (C=O) groups excluding carboxylic acids is 1. The first-order valence-corrected chi connectivity index (χ1v) is 8.30. The molecule has 1 aliphatic carbocycles. The second kappa shape index (κ2) is 6.18. The molecule has 1 amide bonds. The summed E-state index contributed by atoms with van der Waals surface area (Å²) < 4.78 is 0. The van der Waals surface area contributed by atoms with Gasteiger partial charge < -0.3 is 10.2 Å². The summed E-state index contributed by atoms with van der Waals surface area (Å²) in [5, 5.41) is 14.0. The van der Waals surface area contributed by atoms with Crippen molar-refractivity contribution in [2.75, 3.05) is 18.5 Å². The van der Waals surface area contributed by atoms with Crippen molar-refractivity contribution >= 4 is 17.3 Å². The molecule has 6 heteroatoms. The summed E-state index contributed by atoms with van der Waals surface area (Å²) in [5.41, 5.74) is 1.02. The summed E-state index contributed by atoms with van der Waals surface area (Å²) in [5.74, 6) is 0.880. The first-order valence-electron chi connectivity index (χ1n) is 8.30. The zero-order valence-corrected chi connectivity index (χ0v) is 13.6. The summed E-state index contributed by atoms with van der Waals surface area (Å²) in [6, 6.07) is 5.21. The number of nitro groups is 1. The Balaban J connectivity index is 1.98. The van der Waals surface area contributed by atoms with E-state index in [-0.39, 0.29) is 16.5 Å². The van der Waals surface area contributed by atoms with Crippen LogP contribution >= 0.6 is 0 Å². The number of anilines is 1. The molecule has 2 fully saturated rings. The van der Waals surface area contributed by atoms with Gasteiger partial charge in [0, 0.05) is 31.3 Å². The van der Waals surface area contributed by atoms with Crippen molar-refractivity contribution in [3.05, 3.63) is 33.9 Å². The summed E-state index contributed by atoms with van der Waals surface area (Å²) in [6.07, 6.45) is 4.77.